The Balaban J connectivity index is 2.20. The molecule has 2 aromatic rings. The van der Waals surface area contributed by atoms with Gasteiger partial charge in [0.1, 0.15) is 0 Å². The number of aromatic carboxylic acids is 1. The highest BCUT2D eigenvalue weighted by atomic mass is 79.9. The zero-order valence-electron chi connectivity index (χ0n) is 10.2. The summed E-state index contributed by atoms with van der Waals surface area (Å²) in [6.45, 7) is 0.551. The number of hydrogen-bond acceptors (Lipinski definition) is 4. The topological polar surface area (TPSA) is 93.2 Å². The molecule has 7 heteroatoms. The van der Waals surface area contributed by atoms with Crippen molar-refractivity contribution in [2.24, 2.45) is 7.05 Å². The van der Waals surface area contributed by atoms with E-state index in [1.807, 2.05) is 13.2 Å². The van der Waals surface area contributed by atoms with Crippen LogP contribution in [0.15, 0.2) is 29.0 Å². The van der Waals surface area contributed by atoms with Gasteiger partial charge in [-0.15, -0.1) is 0 Å². The van der Waals surface area contributed by atoms with Crippen LogP contribution in [0.4, 0.5) is 11.4 Å². The summed E-state index contributed by atoms with van der Waals surface area (Å²) in [6, 6.07) is 3.09. The Morgan fingerprint density at radius 2 is 2.32 bits per heavy atom. The predicted molar refractivity (Wildman–Crippen MR) is 76.0 cm³/mol. The zero-order valence-corrected chi connectivity index (χ0v) is 11.8. The highest BCUT2D eigenvalue weighted by Crippen LogP contribution is 2.28. The van der Waals surface area contributed by atoms with Crippen LogP contribution in [-0.4, -0.2) is 20.9 Å². The molecule has 0 aliphatic heterocycles. The summed E-state index contributed by atoms with van der Waals surface area (Å²) in [4.78, 5) is 11.0. The van der Waals surface area contributed by atoms with E-state index in [-0.39, 0.29) is 11.3 Å². The molecule has 4 N–H and O–H groups in total. The number of benzene rings is 1. The molecule has 0 saturated heterocycles. The van der Waals surface area contributed by atoms with Gasteiger partial charge in [0.2, 0.25) is 0 Å². The van der Waals surface area contributed by atoms with Gasteiger partial charge in [-0.25, -0.2) is 4.79 Å². The fourth-order valence-corrected chi connectivity index (χ4v) is 2.17. The number of nitrogens with two attached hydrogens (primary N) is 1. The van der Waals surface area contributed by atoms with Gasteiger partial charge in [-0.05, 0) is 28.1 Å². The number of aryl methyl sites for hydroxylation is 1. The van der Waals surface area contributed by atoms with Gasteiger partial charge in [-0.2, -0.15) is 5.10 Å². The second-order valence-electron chi connectivity index (χ2n) is 4.10. The number of nitrogens with one attached hydrogen (secondary N) is 1. The average Bonchev–Trinajstić information content (AvgIpc) is 2.73. The minimum Gasteiger partial charge on any atom is -0.478 e. The quantitative estimate of drug-likeness (QED) is 0.749. The van der Waals surface area contributed by atoms with Crippen molar-refractivity contribution in [1.82, 2.24) is 9.78 Å². The second kappa shape index (κ2) is 5.31. The molecule has 0 bridgehead atoms. The summed E-state index contributed by atoms with van der Waals surface area (Å²) in [5.74, 6) is -1.05. The lowest BCUT2D eigenvalue weighted by molar-refractivity contribution is 0.0698. The fourth-order valence-electron chi connectivity index (χ4n) is 1.67. The minimum atomic E-state index is -1.05. The molecular weight excluding hydrogens is 312 g/mol. The Morgan fingerprint density at radius 3 is 2.89 bits per heavy atom. The van der Waals surface area contributed by atoms with Crippen molar-refractivity contribution in [3.63, 3.8) is 0 Å². The van der Waals surface area contributed by atoms with Crippen LogP contribution in [0, 0.1) is 0 Å². The van der Waals surface area contributed by atoms with Crippen LogP contribution in [0.5, 0.6) is 0 Å². The molecule has 0 fully saturated rings. The molecule has 0 spiro atoms. The van der Waals surface area contributed by atoms with E-state index in [1.54, 1.807) is 16.9 Å². The number of aromatic nitrogens is 2. The number of hydrogen-bond donors (Lipinski definition) is 3. The van der Waals surface area contributed by atoms with Gasteiger partial charge >= 0.3 is 5.97 Å². The Bertz CT molecular complexity index is 624. The molecule has 0 amide bonds. The van der Waals surface area contributed by atoms with Gasteiger partial charge in [0.05, 0.1) is 11.8 Å². The normalized spacial score (nSPS) is 10.4. The summed E-state index contributed by atoms with van der Waals surface area (Å²) in [5.41, 5.74) is 7.64. The van der Waals surface area contributed by atoms with E-state index in [0.29, 0.717) is 12.2 Å². The fraction of sp³-hybridized carbons (Fsp3) is 0.167. The summed E-state index contributed by atoms with van der Waals surface area (Å²) in [5, 5.41) is 16.2. The van der Waals surface area contributed by atoms with Gasteiger partial charge in [0, 0.05) is 41.2 Å². The first kappa shape index (κ1) is 13.4. The van der Waals surface area contributed by atoms with Crippen molar-refractivity contribution in [3.8, 4) is 0 Å². The minimum absolute atomic E-state index is 0.0805. The van der Waals surface area contributed by atoms with E-state index >= 15 is 0 Å². The lowest BCUT2D eigenvalue weighted by atomic mass is 10.1. The number of anilines is 2. The molecule has 2 rings (SSSR count). The molecule has 0 saturated carbocycles. The molecule has 0 aliphatic rings. The summed E-state index contributed by atoms with van der Waals surface area (Å²) < 4.78 is 2.43. The molecular formula is C12H13BrN4O2. The molecule has 1 aromatic heterocycles. The van der Waals surface area contributed by atoms with Crippen LogP contribution in [0.3, 0.4) is 0 Å². The van der Waals surface area contributed by atoms with E-state index in [0.717, 1.165) is 10.0 Å². The lowest BCUT2D eigenvalue weighted by Crippen LogP contribution is -2.06. The Hall–Kier alpha value is -2.02. The van der Waals surface area contributed by atoms with E-state index in [9.17, 15) is 4.79 Å². The van der Waals surface area contributed by atoms with Gasteiger partial charge in [-0.3, -0.25) is 4.68 Å². The van der Waals surface area contributed by atoms with Crippen LogP contribution in [-0.2, 0) is 13.6 Å². The monoisotopic (exact) mass is 324 g/mol. The van der Waals surface area contributed by atoms with Crippen molar-refractivity contribution in [1.29, 1.82) is 0 Å². The van der Waals surface area contributed by atoms with Crippen molar-refractivity contribution in [2.45, 2.75) is 6.54 Å². The number of nitrogens with zero attached hydrogens (tertiary/aromatic N) is 2. The van der Waals surface area contributed by atoms with E-state index < -0.39 is 5.97 Å². The first-order valence-corrected chi connectivity index (χ1v) is 6.30. The third-order valence-electron chi connectivity index (χ3n) is 2.61. The maximum atomic E-state index is 11.0. The zero-order chi connectivity index (χ0) is 14.0. The van der Waals surface area contributed by atoms with Crippen molar-refractivity contribution in [3.05, 3.63) is 40.1 Å². The average molecular weight is 325 g/mol. The molecule has 1 heterocycles. The number of carboxylic acids is 1. The maximum Gasteiger partial charge on any atom is 0.337 e. The van der Waals surface area contributed by atoms with E-state index in [2.05, 4.69) is 26.3 Å². The number of rotatable bonds is 4. The Labute approximate surface area is 118 Å². The largest absolute Gasteiger partial charge is 0.478 e. The molecule has 1 aromatic carbocycles. The van der Waals surface area contributed by atoms with Gasteiger partial charge in [0.15, 0.2) is 0 Å². The van der Waals surface area contributed by atoms with Crippen molar-refractivity contribution in [2.75, 3.05) is 11.1 Å². The third-order valence-corrected chi connectivity index (χ3v) is 3.27. The van der Waals surface area contributed by atoms with Crippen LogP contribution in [0.1, 0.15) is 15.9 Å². The predicted octanol–water partition coefficient (Wildman–Crippen LogP) is 2.08. The van der Waals surface area contributed by atoms with Gasteiger partial charge in [0.25, 0.3) is 0 Å². The standard InChI is InChI=1S/C12H13BrN4O2/c1-17-6-7(5-16-17)4-15-11-2-8(12(18)19)10(14)3-9(11)13/h2-3,5-6,15H,4,14H2,1H3,(H,18,19). The molecule has 0 unspecified atom stereocenters. The highest BCUT2D eigenvalue weighted by Gasteiger charge is 2.12. The number of nitrogen functional groups attached to an aromatic ring is 1. The summed E-state index contributed by atoms with van der Waals surface area (Å²) in [7, 11) is 1.84. The molecule has 0 radical (unpaired) electrons. The highest BCUT2D eigenvalue weighted by molar-refractivity contribution is 9.10. The molecule has 0 atom stereocenters. The first-order chi connectivity index (χ1) is 8.97. The smallest absolute Gasteiger partial charge is 0.337 e. The first-order valence-electron chi connectivity index (χ1n) is 5.51. The van der Waals surface area contributed by atoms with Crippen LogP contribution < -0.4 is 11.1 Å². The van der Waals surface area contributed by atoms with Crippen molar-refractivity contribution >= 4 is 33.3 Å². The molecule has 100 valence electrons. The molecule has 0 aliphatic carbocycles. The number of carbonyl (C=O) groups is 1. The molecule has 19 heavy (non-hydrogen) atoms. The van der Waals surface area contributed by atoms with E-state index in [1.165, 1.54) is 6.07 Å². The Morgan fingerprint density at radius 1 is 1.58 bits per heavy atom. The summed E-state index contributed by atoms with van der Waals surface area (Å²) in [6.07, 6.45) is 3.63. The van der Waals surface area contributed by atoms with Crippen LogP contribution in [0.25, 0.3) is 0 Å². The van der Waals surface area contributed by atoms with Gasteiger partial charge in [-0.1, -0.05) is 0 Å². The maximum absolute atomic E-state index is 11.0. The SMILES string of the molecule is Cn1cc(CNc2cc(C(=O)O)c(N)cc2Br)cn1. The van der Waals surface area contributed by atoms with Crippen molar-refractivity contribution < 1.29 is 9.90 Å². The Kier molecular flexibility index (Phi) is 3.75. The number of halogens is 1. The van der Waals surface area contributed by atoms with Crippen LogP contribution >= 0.6 is 15.9 Å². The molecule has 6 nitrogen and oxygen atoms in total. The third kappa shape index (κ3) is 3.05. The second-order valence-corrected chi connectivity index (χ2v) is 4.95. The lowest BCUT2D eigenvalue weighted by Gasteiger charge is -2.10. The number of carboxylic acid groups (broad SMARTS) is 1. The van der Waals surface area contributed by atoms with Crippen LogP contribution in [0.2, 0.25) is 0 Å². The summed E-state index contributed by atoms with van der Waals surface area (Å²) >= 11 is 3.35. The van der Waals surface area contributed by atoms with E-state index in [4.69, 9.17) is 10.8 Å². The van der Waals surface area contributed by atoms with Gasteiger partial charge < -0.3 is 16.2 Å².